The topological polar surface area (TPSA) is 21.3 Å². The van der Waals surface area contributed by atoms with E-state index < -0.39 is 0 Å². The van der Waals surface area contributed by atoms with Gasteiger partial charge in [-0.1, -0.05) is 6.92 Å². The van der Waals surface area contributed by atoms with Crippen molar-refractivity contribution >= 4 is 23.1 Å². The number of thioether (sulfide) groups is 1. The van der Waals surface area contributed by atoms with Gasteiger partial charge >= 0.3 is 0 Å². The van der Waals surface area contributed by atoms with Crippen molar-refractivity contribution in [2.45, 2.75) is 54.2 Å². The molecule has 18 heavy (non-hydrogen) atoms. The Kier molecular flexibility index (Phi) is 3.72. The minimum atomic E-state index is 0.0595. The summed E-state index contributed by atoms with van der Waals surface area (Å²) in [5.74, 6) is 0. The molecule has 0 aliphatic carbocycles. The monoisotopic (exact) mass is 283 g/mol. The fraction of sp³-hybridized carbons (Fsp3) is 0.714. The van der Waals surface area contributed by atoms with Crippen LogP contribution in [0, 0.1) is 0 Å². The van der Waals surface area contributed by atoms with Crippen LogP contribution in [0.3, 0.4) is 0 Å². The lowest BCUT2D eigenvalue weighted by Crippen LogP contribution is -2.40. The molecule has 4 heteroatoms. The van der Waals surface area contributed by atoms with Gasteiger partial charge in [-0.3, -0.25) is 0 Å². The summed E-state index contributed by atoms with van der Waals surface area (Å²) >= 11 is 3.91. The van der Waals surface area contributed by atoms with Gasteiger partial charge < -0.3 is 10.1 Å². The zero-order valence-corrected chi connectivity index (χ0v) is 12.7. The van der Waals surface area contributed by atoms with E-state index in [-0.39, 0.29) is 5.60 Å². The van der Waals surface area contributed by atoms with E-state index in [4.69, 9.17) is 4.74 Å². The average molecular weight is 283 g/mol. The third-order valence-electron chi connectivity index (χ3n) is 3.93. The van der Waals surface area contributed by atoms with Crippen LogP contribution in [0.5, 0.6) is 0 Å². The molecular weight excluding hydrogens is 262 g/mol. The fourth-order valence-electron chi connectivity index (χ4n) is 2.86. The van der Waals surface area contributed by atoms with Gasteiger partial charge in [0, 0.05) is 24.4 Å². The normalized spacial score (nSPS) is 35.7. The zero-order chi connectivity index (χ0) is 12.6. The van der Waals surface area contributed by atoms with Gasteiger partial charge in [0.1, 0.15) is 0 Å². The van der Waals surface area contributed by atoms with Gasteiger partial charge in [0.25, 0.3) is 0 Å². The highest BCUT2D eigenvalue weighted by atomic mass is 32.2. The summed E-state index contributed by atoms with van der Waals surface area (Å²) in [4.78, 5) is 0. The molecule has 2 unspecified atom stereocenters. The Hall–Kier alpha value is -0.0300. The van der Waals surface area contributed by atoms with Gasteiger partial charge in [0.15, 0.2) is 0 Å². The second-order valence-electron chi connectivity index (χ2n) is 5.66. The highest BCUT2D eigenvalue weighted by molar-refractivity contribution is 8.01. The summed E-state index contributed by atoms with van der Waals surface area (Å²) < 4.78 is 7.37. The Morgan fingerprint density at radius 2 is 2.44 bits per heavy atom. The molecule has 100 valence electrons. The molecule has 0 amide bonds. The lowest BCUT2D eigenvalue weighted by molar-refractivity contribution is 0.0184. The van der Waals surface area contributed by atoms with Gasteiger partial charge in [0.2, 0.25) is 0 Å². The molecule has 1 N–H and O–H groups in total. The van der Waals surface area contributed by atoms with Crippen molar-refractivity contribution in [3.8, 4) is 0 Å². The summed E-state index contributed by atoms with van der Waals surface area (Å²) in [5, 5.41) is 6.68. The molecule has 3 heterocycles. The van der Waals surface area contributed by atoms with Crippen LogP contribution >= 0.6 is 23.1 Å². The van der Waals surface area contributed by atoms with Gasteiger partial charge in [-0.2, -0.15) is 0 Å². The van der Waals surface area contributed by atoms with E-state index in [1.165, 1.54) is 29.0 Å². The van der Waals surface area contributed by atoms with Gasteiger partial charge in [-0.25, -0.2) is 0 Å². The zero-order valence-electron chi connectivity index (χ0n) is 11.1. The average Bonchev–Trinajstić information content (AvgIpc) is 2.95. The predicted molar refractivity (Wildman–Crippen MR) is 78.6 cm³/mol. The van der Waals surface area contributed by atoms with Crippen molar-refractivity contribution in [1.82, 2.24) is 5.32 Å². The largest absolute Gasteiger partial charge is 0.374 e. The summed E-state index contributed by atoms with van der Waals surface area (Å²) in [5.41, 5.74) is 1.56. The van der Waals surface area contributed by atoms with Crippen molar-refractivity contribution in [3.63, 3.8) is 0 Å². The first-order chi connectivity index (χ1) is 8.66. The lowest BCUT2D eigenvalue weighted by Gasteiger charge is -2.31. The van der Waals surface area contributed by atoms with E-state index >= 15 is 0 Å². The molecule has 0 aromatic carbocycles. The van der Waals surface area contributed by atoms with Gasteiger partial charge in [-0.15, -0.1) is 23.1 Å². The molecule has 0 radical (unpaired) electrons. The summed E-state index contributed by atoms with van der Waals surface area (Å²) in [6.45, 7) is 6.47. The quantitative estimate of drug-likeness (QED) is 0.911. The number of thiophene rings is 1. The van der Waals surface area contributed by atoms with Crippen LogP contribution in [0.15, 0.2) is 15.7 Å². The lowest BCUT2D eigenvalue weighted by atomic mass is 10.00. The van der Waals surface area contributed by atoms with Crippen molar-refractivity contribution in [2.24, 2.45) is 0 Å². The van der Waals surface area contributed by atoms with Gasteiger partial charge in [0.05, 0.1) is 9.81 Å². The fourth-order valence-corrected chi connectivity index (χ4v) is 5.42. The van der Waals surface area contributed by atoms with E-state index in [0.717, 1.165) is 13.2 Å². The second kappa shape index (κ2) is 5.16. The smallest absolute Gasteiger partial charge is 0.0779 e. The van der Waals surface area contributed by atoms with Crippen molar-refractivity contribution < 1.29 is 4.74 Å². The molecule has 1 saturated heterocycles. The maximum atomic E-state index is 5.86. The Morgan fingerprint density at radius 3 is 3.22 bits per heavy atom. The third-order valence-corrected chi connectivity index (χ3v) is 6.28. The number of rotatable bonds is 3. The summed E-state index contributed by atoms with van der Waals surface area (Å²) in [7, 11) is 0. The molecule has 1 aromatic rings. The molecule has 0 bridgehead atoms. The predicted octanol–water partition coefficient (Wildman–Crippen LogP) is 3.83. The second-order valence-corrected chi connectivity index (χ2v) is 8.29. The maximum absolute atomic E-state index is 5.86. The van der Waals surface area contributed by atoms with Crippen LogP contribution in [0.1, 0.15) is 44.7 Å². The van der Waals surface area contributed by atoms with E-state index in [9.17, 15) is 0 Å². The number of hydrogen-bond acceptors (Lipinski definition) is 4. The van der Waals surface area contributed by atoms with Crippen molar-refractivity contribution in [2.75, 3.05) is 13.2 Å². The molecule has 2 aliphatic heterocycles. The van der Waals surface area contributed by atoms with Crippen LogP contribution in [-0.2, 0) is 4.74 Å². The van der Waals surface area contributed by atoms with Crippen LogP contribution in [0.4, 0.5) is 0 Å². The first-order valence-electron chi connectivity index (χ1n) is 6.78. The van der Waals surface area contributed by atoms with Crippen LogP contribution in [0.25, 0.3) is 0 Å². The standard InChI is InChI=1S/C14H21NOS2/c1-10-8-12(11-4-7-17-13(11)18-10)15-9-14(2)5-3-6-16-14/h4,7,10,12,15H,3,5-6,8-9H2,1-2H3/t10-,12?,14?/m0/s1. The number of hydrogen-bond donors (Lipinski definition) is 1. The molecule has 1 aromatic heterocycles. The van der Waals surface area contributed by atoms with E-state index in [1.807, 2.05) is 23.1 Å². The van der Waals surface area contributed by atoms with Gasteiger partial charge in [-0.05, 0) is 43.2 Å². The minimum Gasteiger partial charge on any atom is -0.374 e. The summed E-state index contributed by atoms with van der Waals surface area (Å²) in [6.07, 6.45) is 3.62. The van der Waals surface area contributed by atoms with Crippen molar-refractivity contribution in [3.05, 3.63) is 17.0 Å². The molecule has 2 nitrogen and oxygen atoms in total. The highest BCUT2D eigenvalue weighted by Gasteiger charge is 2.32. The van der Waals surface area contributed by atoms with Crippen LogP contribution in [0.2, 0.25) is 0 Å². The highest BCUT2D eigenvalue weighted by Crippen LogP contribution is 2.43. The molecule has 2 aliphatic rings. The maximum Gasteiger partial charge on any atom is 0.0779 e. The van der Waals surface area contributed by atoms with Crippen LogP contribution in [-0.4, -0.2) is 24.0 Å². The molecule has 1 fully saturated rings. The molecular formula is C14H21NOS2. The number of nitrogens with one attached hydrogen (secondary N) is 1. The Morgan fingerprint density at radius 1 is 1.56 bits per heavy atom. The summed E-state index contributed by atoms with van der Waals surface area (Å²) in [6, 6.07) is 2.80. The Balaban J connectivity index is 1.66. The third kappa shape index (κ3) is 2.62. The minimum absolute atomic E-state index is 0.0595. The number of ether oxygens (including phenoxy) is 1. The Bertz CT molecular complexity index is 412. The molecule has 3 rings (SSSR count). The van der Waals surface area contributed by atoms with Crippen molar-refractivity contribution in [1.29, 1.82) is 0 Å². The first-order valence-corrected chi connectivity index (χ1v) is 8.54. The molecule has 0 saturated carbocycles. The SMILES string of the molecule is C[C@H]1CC(NCC2(C)CCCO2)c2ccsc2S1. The van der Waals surface area contributed by atoms with E-state index in [0.29, 0.717) is 11.3 Å². The van der Waals surface area contributed by atoms with E-state index in [1.54, 1.807) is 0 Å². The van der Waals surface area contributed by atoms with E-state index in [2.05, 4.69) is 30.6 Å². The Labute approximate surface area is 117 Å². The first kappa shape index (κ1) is 13.0. The molecule has 0 spiro atoms. The number of fused-ring (bicyclic) bond motifs is 1. The molecule has 3 atom stereocenters. The van der Waals surface area contributed by atoms with Crippen LogP contribution < -0.4 is 5.32 Å².